The molecule has 0 amide bonds. The van der Waals surface area contributed by atoms with Crippen molar-refractivity contribution < 1.29 is 14.1 Å². The third-order valence-corrected chi connectivity index (χ3v) is 2.34. The minimum atomic E-state index is -0.735. The lowest BCUT2D eigenvalue weighted by Crippen LogP contribution is -2.02. The van der Waals surface area contributed by atoms with Gasteiger partial charge in [-0.05, 0) is 30.7 Å². The van der Waals surface area contributed by atoms with Gasteiger partial charge in [0.2, 0.25) is 5.82 Å². The lowest BCUT2D eigenvalue weighted by atomic mass is 10.2. The molecule has 98 valence electrons. The number of aryl methyl sites for hydroxylation is 1. The number of ether oxygens (including phenoxy) is 1. The first-order chi connectivity index (χ1) is 8.99. The second-order valence-corrected chi connectivity index (χ2v) is 3.68. The van der Waals surface area contributed by atoms with E-state index in [0.717, 1.165) is 6.33 Å². The molecule has 0 aliphatic rings. The zero-order valence-electron chi connectivity index (χ0n) is 9.83. The molecule has 7 nitrogen and oxygen atoms in total. The van der Waals surface area contributed by atoms with Crippen LogP contribution >= 0.6 is 0 Å². The molecule has 19 heavy (non-hydrogen) atoms. The van der Waals surface area contributed by atoms with Crippen LogP contribution in [-0.4, -0.2) is 14.9 Å². The summed E-state index contributed by atoms with van der Waals surface area (Å²) in [7, 11) is 0. The van der Waals surface area contributed by atoms with Crippen LogP contribution in [0.5, 0.6) is 11.6 Å². The smallest absolute Gasteiger partial charge is 0.372 e. The SMILES string of the molecule is Cc1cc(Oc2ncnc(N)c2[N+](=O)[O-])ccc1F. The third kappa shape index (κ3) is 2.57. The summed E-state index contributed by atoms with van der Waals surface area (Å²) in [6.07, 6.45) is 1.05. The van der Waals surface area contributed by atoms with Crippen molar-refractivity contribution in [2.75, 3.05) is 5.73 Å². The van der Waals surface area contributed by atoms with Crippen LogP contribution in [0.4, 0.5) is 15.9 Å². The van der Waals surface area contributed by atoms with Crippen LogP contribution in [0.15, 0.2) is 24.5 Å². The first-order valence-corrected chi connectivity index (χ1v) is 5.18. The fraction of sp³-hybridized carbons (Fsp3) is 0.0909. The number of aromatic nitrogens is 2. The zero-order valence-corrected chi connectivity index (χ0v) is 9.83. The van der Waals surface area contributed by atoms with E-state index in [1.54, 1.807) is 6.92 Å². The highest BCUT2D eigenvalue weighted by molar-refractivity contribution is 5.58. The van der Waals surface area contributed by atoms with Gasteiger partial charge in [0.1, 0.15) is 17.9 Å². The van der Waals surface area contributed by atoms with Crippen LogP contribution in [-0.2, 0) is 0 Å². The highest BCUT2D eigenvalue weighted by atomic mass is 19.1. The third-order valence-electron chi connectivity index (χ3n) is 2.34. The van der Waals surface area contributed by atoms with E-state index in [9.17, 15) is 14.5 Å². The number of hydrogen-bond acceptors (Lipinski definition) is 6. The van der Waals surface area contributed by atoms with Gasteiger partial charge in [-0.3, -0.25) is 10.1 Å². The average molecular weight is 264 g/mol. The number of nitro groups is 1. The summed E-state index contributed by atoms with van der Waals surface area (Å²) in [6, 6.07) is 3.93. The molecule has 0 fully saturated rings. The van der Waals surface area contributed by atoms with E-state index in [1.807, 2.05) is 0 Å². The van der Waals surface area contributed by atoms with Crippen molar-refractivity contribution in [1.82, 2.24) is 9.97 Å². The van der Waals surface area contributed by atoms with Crippen LogP contribution in [0.25, 0.3) is 0 Å². The monoisotopic (exact) mass is 264 g/mol. The van der Waals surface area contributed by atoms with E-state index in [1.165, 1.54) is 18.2 Å². The van der Waals surface area contributed by atoms with E-state index >= 15 is 0 Å². The predicted octanol–water partition coefficient (Wildman–Crippen LogP) is 2.21. The molecule has 0 bridgehead atoms. The molecule has 8 heteroatoms. The number of nitrogen functional groups attached to an aromatic ring is 1. The summed E-state index contributed by atoms with van der Waals surface area (Å²) >= 11 is 0. The van der Waals surface area contributed by atoms with Gasteiger partial charge >= 0.3 is 11.6 Å². The van der Waals surface area contributed by atoms with Crippen molar-refractivity contribution in [3.63, 3.8) is 0 Å². The van der Waals surface area contributed by atoms with Crippen molar-refractivity contribution in [2.24, 2.45) is 0 Å². The maximum Gasteiger partial charge on any atom is 0.372 e. The van der Waals surface area contributed by atoms with E-state index in [0.29, 0.717) is 5.56 Å². The standard InChI is InChI=1S/C11H9FN4O3/c1-6-4-7(2-3-8(6)12)19-11-9(16(17)18)10(13)14-5-15-11/h2-5H,1H3,(H2,13,14,15). The molecule has 2 rings (SSSR count). The molecular formula is C11H9FN4O3. The minimum absolute atomic E-state index is 0.222. The van der Waals surface area contributed by atoms with Crippen LogP contribution in [0.1, 0.15) is 5.56 Å². The van der Waals surface area contributed by atoms with E-state index in [4.69, 9.17) is 10.5 Å². The summed E-state index contributed by atoms with van der Waals surface area (Å²) in [5.74, 6) is -0.763. The molecule has 1 aromatic heterocycles. The Morgan fingerprint density at radius 2 is 2.16 bits per heavy atom. The maximum atomic E-state index is 13.1. The zero-order chi connectivity index (χ0) is 14.0. The first-order valence-electron chi connectivity index (χ1n) is 5.18. The Labute approximate surface area is 107 Å². The summed E-state index contributed by atoms with van der Waals surface area (Å²) in [4.78, 5) is 17.3. The van der Waals surface area contributed by atoms with Gasteiger partial charge in [-0.1, -0.05) is 0 Å². The van der Waals surface area contributed by atoms with Gasteiger partial charge in [0.25, 0.3) is 0 Å². The molecule has 0 saturated heterocycles. The quantitative estimate of drug-likeness (QED) is 0.673. The Morgan fingerprint density at radius 1 is 1.42 bits per heavy atom. The second-order valence-electron chi connectivity index (χ2n) is 3.68. The molecule has 1 aromatic carbocycles. The van der Waals surface area contributed by atoms with Crippen molar-refractivity contribution >= 4 is 11.5 Å². The normalized spacial score (nSPS) is 10.2. The van der Waals surface area contributed by atoms with E-state index < -0.39 is 16.4 Å². The van der Waals surface area contributed by atoms with Gasteiger partial charge in [0.15, 0.2) is 0 Å². The summed E-state index contributed by atoms with van der Waals surface area (Å²) in [6.45, 7) is 1.55. The van der Waals surface area contributed by atoms with E-state index in [2.05, 4.69) is 9.97 Å². The highest BCUT2D eigenvalue weighted by Gasteiger charge is 2.23. The number of nitrogens with zero attached hydrogens (tertiary/aromatic N) is 3. The number of halogens is 1. The Morgan fingerprint density at radius 3 is 2.79 bits per heavy atom. The number of rotatable bonds is 3. The Hall–Kier alpha value is -2.77. The van der Waals surface area contributed by atoms with Gasteiger partial charge < -0.3 is 10.5 Å². The molecule has 0 radical (unpaired) electrons. The fourth-order valence-electron chi connectivity index (χ4n) is 1.41. The van der Waals surface area contributed by atoms with Crippen LogP contribution in [0.2, 0.25) is 0 Å². The van der Waals surface area contributed by atoms with Crippen molar-refractivity contribution in [2.45, 2.75) is 6.92 Å². The number of nitrogens with two attached hydrogens (primary N) is 1. The Balaban J connectivity index is 2.40. The number of anilines is 1. The largest absolute Gasteiger partial charge is 0.434 e. The molecule has 0 unspecified atom stereocenters. The van der Waals surface area contributed by atoms with Crippen LogP contribution in [0, 0.1) is 22.9 Å². The Bertz CT molecular complexity index is 648. The topological polar surface area (TPSA) is 104 Å². The second kappa shape index (κ2) is 4.84. The van der Waals surface area contributed by atoms with Gasteiger partial charge in [-0.2, -0.15) is 4.98 Å². The van der Waals surface area contributed by atoms with Crippen LogP contribution in [0.3, 0.4) is 0 Å². The van der Waals surface area contributed by atoms with Gasteiger partial charge in [-0.15, -0.1) is 0 Å². The molecule has 0 aliphatic heterocycles. The van der Waals surface area contributed by atoms with Crippen LogP contribution < -0.4 is 10.5 Å². The molecule has 0 atom stereocenters. The van der Waals surface area contributed by atoms with Crippen molar-refractivity contribution in [1.29, 1.82) is 0 Å². The van der Waals surface area contributed by atoms with Gasteiger partial charge in [0, 0.05) is 0 Å². The van der Waals surface area contributed by atoms with Crippen molar-refractivity contribution in [3.05, 3.63) is 46.0 Å². The lowest BCUT2D eigenvalue weighted by Gasteiger charge is -2.06. The van der Waals surface area contributed by atoms with Crippen molar-refractivity contribution in [3.8, 4) is 11.6 Å². The fourth-order valence-corrected chi connectivity index (χ4v) is 1.41. The molecule has 2 aromatic rings. The molecule has 0 saturated carbocycles. The predicted molar refractivity (Wildman–Crippen MR) is 64.3 cm³/mol. The highest BCUT2D eigenvalue weighted by Crippen LogP contribution is 2.32. The maximum absolute atomic E-state index is 13.1. The summed E-state index contributed by atoms with van der Waals surface area (Å²) in [5.41, 5.74) is 5.22. The molecular weight excluding hydrogens is 255 g/mol. The van der Waals surface area contributed by atoms with Gasteiger partial charge in [0.05, 0.1) is 4.92 Å². The van der Waals surface area contributed by atoms with Gasteiger partial charge in [-0.25, -0.2) is 9.37 Å². The number of hydrogen-bond donors (Lipinski definition) is 1. The first kappa shape index (κ1) is 12.7. The molecule has 0 aliphatic carbocycles. The minimum Gasteiger partial charge on any atom is -0.434 e. The van der Waals surface area contributed by atoms with E-state index in [-0.39, 0.29) is 17.4 Å². The molecule has 1 heterocycles. The Kier molecular flexibility index (Phi) is 3.23. The lowest BCUT2D eigenvalue weighted by molar-refractivity contribution is -0.385. The summed E-state index contributed by atoms with van der Waals surface area (Å²) in [5, 5.41) is 10.9. The summed E-state index contributed by atoms with van der Waals surface area (Å²) < 4.78 is 18.3. The molecule has 0 spiro atoms. The average Bonchev–Trinajstić information content (AvgIpc) is 2.33. The number of benzene rings is 1. The molecule has 2 N–H and O–H groups in total.